The summed E-state index contributed by atoms with van der Waals surface area (Å²) in [7, 11) is 1.71. The zero-order valence-corrected chi connectivity index (χ0v) is 11.9. The fourth-order valence-corrected chi connectivity index (χ4v) is 2.64. The molecule has 2 rings (SSSR count). The van der Waals surface area contributed by atoms with E-state index in [-0.39, 0.29) is 0 Å². The van der Waals surface area contributed by atoms with Gasteiger partial charge in [-0.05, 0) is 30.9 Å². The van der Waals surface area contributed by atoms with Crippen molar-refractivity contribution in [2.75, 3.05) is 19.0 Å². The van der Waals surface area contributed by atoms with E-state index in [2.05, 4.69) is 33.2 Å². The van der Waals surface area contributed by atoms with Crippen molar-refractivity contribution in [3.63, 3.8) is 0 Å². The van der Waals surface area contributed by atoms with E-state index in [0.29, 0.717) is 6.61 Å². The topological polar surface area (TPSA) is 39.1 Å². The van der Waals surface area contributed by atoms with Crippen molar-refractivity contribution < 1.29 is 4.74 Å². The number of aryl methyl sites for hydroxylation is 2. The van der Waals surface area contributed by atoms with Gasteiger partial charge in [-0.25, -0.2) is 4.98 Å². The van der Waals surface area contributed by atoms with Crippen LogP contribution in [0.25, 0.3) is 0 Å². The highest BCUT2D eigenvalue weighted by atomic mass is 32.1. The molecule has 0 bridgehead atoms. The molecule has 0 aliphatic heterocycles. The lowest BCUT2D eigenvalue weighted by Crippen LogP contribution is -2.09. The molecule has 2 aromatic rings. The third kappa shape index (κ3) is 3.11. The highest BCUT2D eigenvalue weighted by Crippen LogP contribution is 2.17. The van der Waals surface area contributed by atoms with Crippen LogP contribution in [0.5, 0.6) is 0 Å². The number of ether oxygens (including phenoxy) is 1. The smallest absolute Gasteiger partial charge is 0.203 e. The first-order valence-corrected chi connectivity index (χ1v) is 6.88. The summed E-state index contributed by atoms with van der Waals surface area (Å²) >= 11 is 1.78. The highest BCUT2D eigenvalue weighted by Gasteiger charge is 2.06. The number of hydrogen-bond donors (Lipinski definition) is 1. The Morgan fingerprint density at radius 3 is 2.94 bits per heavy atom. The molecular weight excluding hydrogens is 246 g/mol. The molecule has 98 valence electrons. The minimum absolute atomic E-state index is 0.697. The monoisotopic (exact) mass is 265 g/mol. The van der Waals surface area contributed by atoms with Crippen LogP contribution in [-0.2, 0) is 17.8 Å². The van der Waals surface area contributed by atoms with Gasteiger partial charge in [-0.15, -0.1) is 11.3 Å². The lowest BCUT2D eigenvalue weighted by Gasteiger charge is -2.08. The van der Waals surface area contributed by atoms with Gasteiger partial charge in [-0.3, -0.25) is 0 Å². The highest BCUT2D eigenvalue weighted by molar-refractivity contribution is 7.10. The molecule has 0 radical (unpaired) electrons. The molecule has 0 amide bonds. The van der Waals surface area contributed by atoms with Crippen LogP contribution in [0.2, 0.25) is 0 Å². The first kappa shape index (κ1) is 13.1. The van der Waals surface area contributed by atoms with Gasteiger partial charge in [0, 0.05) is 24.7 Å². The summed E-state index contributed by atoms with van der Waals surface area (Å²) in [6.07, 6.45) is 2.04. The van der Waals surface area contributed by atoms with Crippen molar-refractivity contribution in [1.29, 1.82) is 0 Å². The molecule has 2 aromatic heterocycles. The van der Waals surface area contributed by atoms with Gasteiger partial charge < -0.3 is 14.6 Å². The Hall–Kier alpha value is -1.33. The maximum atomic E-state index is 5.11. The molecule has 0 saturated heterocycles. The van der Waals surface area contributed by atoms with Crippen molar-refractivity contribution in [3.8, 4) is 0 Å². The lowest BCUT2D eigenvalue weighted by atomic mass is 10.3. The first-order chi connectivity index (χ1) is 8.70. The molecule has 2 heterocycles. The average molecular weight is 265 g/mol. The number of nitrogens with zero attached hydrogens (tertiary/aromatic N) is 2. The standard InChI is InChI=1S/C13H19N3OS/c1-10-4-7-18-12(10)8-14-13-15-11(2)9-16(13)5-6-17-3/h4,7,9H,5-6,8H2,1-3H3,(H,14,15). The third-order valence-electron chi connectivity index (χ3n) is 2.81. The molecule has 0 atom stereocenters. The van der Waals surface area contributed by atoms with Crippen LogP contribution in [-0.4, -0.2) is 23.3 Å². The molecule has 0 aliphatic rings. The number of anilines is 1. The molecule has 18 heavy (non-hydrogen) atoms. The Bertz CT molecular complexity index is 504. The SMILES string of the molecule is COCCn1cc(C)nc1NCc1sccc1C. The summed E-state index contributed by atoms with van der Waals surface area (Å²) in [6.45, 7) is 6.49. The van der Waals surface area contributed by atoms with Gasteiger partial charge in [-0.2, -0.15) is 0 Å². The molecule has 0 saturated carbocycles. The number of hydrogen-bond acceptors (Lipinski definition) is 4. The normalized spacial score (nSPS) is 10.8. The molecule has 4 nitrogen and oxygen atoms in total. The Morgan fingerprint density at radius 1 is 1.44 bits per heavy atom. The summed E-state index contributed by atoms with van der Waals surface area (Å²) in [4.78, 5) is 5.85. The lowest BCUT2D eigenvalue weighted by molar-refractivity contribution is 0.187. The second kappa shape index (κ2) is 6.02. The van der Waals surface area contributed by atoms with Gasteiger partial charge in [0.05, 0.1) is 18.8 Å². The maximum Gasteiger partial charge on any atom is 0.203 e. The van der Waals surface area contributed by atoms with E-state index in [4.69, 9.17) is 4.74 Å². The quantitative estimate of drug-likeness (QED) is 0.873. The largest absolute Gasteiger partial charge is 0.383 e. The van der Waals surface area contributed by atoms with E-state index in [0.717, 1.165) is 24.7 Å². The Morgan fingerprint density at radius 2 is 2.28 bits per heavy atom. The maximum absolute atomic E-state index is 5.11. The summed E-state index contributed by atoms with van der Waals surface area (Å²) in [5, 5.41) is 5.51. The fraction of sp³-hybridized carbons (Fsp3) is 0.462. The van der Waals surface area contributed by atoms with Crippen LogP contribution >= 0.6 is 11.3 Å². The van der Waals surface area contributed by atoms with E-state index in [1.165, 1.54) is 10.4 Å². The Kier molecular flexibility index (Phi) is 4.38. The van der Waals surface area contributed by atoms with Gasteiger partial charge in [0.1, 0.15) is 0 Å². The van der Waals surface area contributed by atoms with E-state index in [9.17, 15) is 0 Å². The Balaban J connectivity index is 2.02. The van der Waals surface area contributed by atoms with E-state index < -0.39 is 0 Å². The fourth-order valence-electron chi connectivity index (χ4n) is 1.79. The molecule has 5 heteroatoms. The van der Waals surface area contributed by atoms with E-state index >= 15 is 0 Å². The second-order valence-corrected chi connectivity index (χ2v) is 5.27. The minimum atomic E-state index is 0.697. The predicted octanol–water partition coefficient (Wildman–Crippen LogP) is 2.82. The number of aromatic nitrogens is 2. The van der Waals surface area contributed by atoms with Crippen molar-refractivity contribution in [2.45, 2.75) is 26.9 Å². The van der Waals surface area contributed by atoms with Crippen LogP contribution in [0.1, 0.15) is 16.1 Å². The van der Waals surface area contributed by atoms with Gasteiger partial charge in [0.25, 0.3) is 0 Å². The summed E-state index contributed by atoms with van der Waals surface area (Å²) in [6, 6.07) is 2.14. The average Bonchev–Trinajstić information content (AvgIpc) is 2.90. The Labute approximate surface area is 112 Å². The van der Waals surface area contributed by atoms with Gasteiger partial charge in [0.2, 0.25) is 5.95 Å². The zero-order chi connectivity index (χ0) is 13.0. The third-order valence-corrected chi connectivity index (χ3v) is 3.83. The second-order valence-electron chi connectivity index (χ2n) is 4.27. The van der Waals surface area contributed by atoms with Gasteiger partial charge in [0.15, 0.2) is 0 Å². The minimum Gasteiger partial charge on any atom is -0.383 e. The molecule has 1 N–H and O–H groups in total. The van der Waals surface area contributed by atoms with Crippen molar-refractivity contribution in [3.05, 3.63) is 33.8 Å². The van der Waals surface area contributed by atoms with Crippen molar-refractivity contribution in [2.24, 2.45) is 0 Å². The van der Waals surface area contributed by atoms with Gasteiger partial charge >= 0.3 is 0 Å². The molecule has 0 unspecified atom stereocenters. The summed E-state index contributed by atoms with van der Waals surface area (Å²) < 4.78 is 7.20. The van der Waals surface area contributed by atoms with E-state index in [1.807, 2.05) is 13.1 Å². The van der Waals surface area contributed by atoms with Crippen LogP contribution < -0.4 is 5.32 Å². The van der Waals surface area contributed by atoms with E-state index in [1.54, 1.807) is 18.4 Å². The molecular formula is C13H19N3OS. The molecule has 0 fully saturated rings. The zero-order valence-electron chi connectivity index (χ0n) is 11.1. The molecule has 0 aromatic carbocycles. The number of thiophene rings is 1. The number of rotatable bonds is 6. The summed E-state index contributed by atoms with van der Waals surface area (Å²) in [5.74, 6) is 0.914. The van der Waals surface area contributed by atoms with Crippen molar-refractivity contribution in [1.82, 2.24) is 9.55 Å². The summed E-state index contributed by atoms with van der Waals surface area (Å²) in [5.41, 5.74) is 2.36. The van der Waals surface area contributed by atoms with Crippen molar-refractivity contribution >= 4 is 17.3 Å². The number of methoxy groups -OCH3 is 1. The molecule has 0 aliphatic carbocycles. The van der Waals surface area contributed by atoms with Crippen LogP contribution in [0, 0.1) is 13.8 Å². The van der Waals surface area contributed by atoms with Crippen LogP contribution in [0.4, 0.5) is 5.95 Å². The van der Waals surface area contributed by atoms with Gasteiger partial charge in [-0.1, -0.05) is 0 Å². The predicted molar refractivity (Wildman–Crippen MR) is 75.2 cm³/mol. The number of nitrogens with one attached hydrogen (secondary N) is 1. The molecule has 0 spiro atoms. The first-order valence-electron chi connectivity index (χ1n) is 6.00. The van der Waals surface area contributed by atoms with Crippen LogP contribution in [0.15, 0.2) is 17.6 Å². The van der Waals surface area contributed by atoms with Crippen LogP contribution in [0.3, 0.4) is 0 Å². The number of imidazole rings is 1.